The topological polar surface area (TPSA) is 100 Å². The van der Waals surface area contributed by atoms with Gasteiger partial charge in [-0.1, -0.05) is 6.42 Å². The van der Waals surface area contributed by atoms with Gasteiger partial charge in [0, 0.05) is 43.5 Å². The molecule has 2 atom stereocenters. The summed E-state index contributed by atoms with van der Waals surface area (Å²) in [5.41, 5.74) is 1.35. The minimum absolute atomic E-state index is 0.0897. The van der Waals surface area contributed by atoms with Gasteiger partial charge < -0.3 is 20.9 Å². The molecule has 36 heavy (non-hydrogen) atoms. The Labute approximate surface area is 210 Å². The van der Waals surface area contributed by atoms with Gasteiger partial charge >= 0.3 is 0 Å². The first kappa shape index (κ1) is 24.9. The van der Waals surface area contributed by atoms with Crippen molar-refractivity contribution in [2.75, 3.05) is 30.8 Å². The number of halogens is 2. The van der Waals surface area contributed by atoms with Crippen LogP contribution in [-0.4, -0.2) is 62.8 Å². The SMILES string of the molecule is Cc1nn(C2CC3CCC(C2)N3C)cc1Nc1ncc(C(F)F)c(NCCCNC(=O)C2CCC2)n1. The smallest absolute Gasteiger partial charge is 0.268 e. The molecule has 2 saturated heterocycles. The van der Waals surface area contributed by atoms with Crippen molar-refractivity contribution in [1.82, 2.24) is 30.0 Å². The summed E-state index contributed by atoms with van der Waals surface area (Å²) in [6, 6.07) is 1.58. The van der Waals surface area contributed by atoms with E-state index in [2.05, 4.69) is 37.9 Å². The van der Waals surface area contributed by atoms with E-state index in [0.29, 0.717) is 37.6 Å². The zero-order valence-electron chi connectivity index (χ0n) is 21.0. The molecular formula is C25H36F2N8O. The Hall–Kier alpha value is -2.82. The van der Waals surface area contributed by atoms with Crippen molar-refractivity contribution in [3.05, 3.63) is 23.7 Å². The second-order valence-corrected chi connectivity index (χ2v) is 10.4. The van der Waals surface area contributed by atoms with Crippen LogP contribution in [0.5, 0.6) is 0 Å². The number of nitrogens with zero attached hydrogens (tertiary/aromatic N) is 5. The van der Waals surface area contributed by atoms with Crippen LogP contribution in [0.2, 0.25) is 0 Å². The van der Waals surface area contributed by atoms with Crippen molar-refractivity contribution in [3.8, 4) is 0 Å². The molecule has 1 amide bonds. The highest BCUT2D eigenvalue weighted by molar-refractivity contribution is 5.79. The lowest BCUT2D eigenvalue weighted by Gasteiger charge is -2.36. The van der Waals surface area contributed by atoms with E-state index < -0.39 is 6.43 Å². The predicted molar refractivity (Wildman–Crippen MR) is 134 cm³/mol. The van der Waals surface area contributed by atoms with Crippen LogP contribution in [0.1, 0.15) is 75.1 Å². The lowest BCUT2D eigenvalue weighted by atomic mass is 9.85. The highest BCUT2D eigenvalue weighted by Crippen LogP contribution is 2.40. The van der Waals surface area contributed by atoms with E-state index in [4.69, 9.17) is 5.10 Å². The molecule has 5 rings (SSSR count). The minimum atomic E-state index is -2.69. The number of hydrogen-bond acceptors (Lipinski definition) is 7. The van der Waals surface area contributed by atoms with Crippen LogP contribution in [0.4, 0.5) is 26.2 Å². The molecule has 3 N–H and O–H groups in total. The number of nitrogens with one attached hydrogen (secondary N) is 3. The number of carbonyl (C=O) groups excluding carboxylic acids is 1. The maximum absolute atomic E-state index is 13.6. The van der Waals surface area contributed by atoms with Crippen LogP contribution >= 0.6 is 0 Å². The standard InChI is InChI=1S/C25H36F2N8O/c1-15-21(14-35(33-15)19-11-17-7-8-18(12-19)34(17)2)31-25-30-13-20(22(26)27)23(32-25)28-9-4-10-29-24(36)16-5-3-6-16/h13-14,16-19,22H,3-12H2,1-2H3,(H,29,36)(H2,28,30,31,32). The summed E-state index contributed by atoms with van der Waals surface area (Å²) in [6.45, 7) is 2.84. The number of aryl methyl sites for hydroxylation is 1. The first-order valence-electron chi connectivity index (χ1n) is 13.1. The molecule has 0 spiro atoms. The lowest BCUT2D eigenvalue weighted by molar-refractivity contribution is -0.127. The van der Waals surface area contributed by atoms with E-state index in [1.165, 1.54) is 12.8 Å². The normalized spacial score (nSPS) is 24.1. The van der Waals surface area contributed by atoms with Gasteiger partial charge in [-0.05, 0) is 58.9 Å². The van der Waals surface area contributed by atoms with Gasteiger partial charge in [-0.25, -0.2) is 13.8 Å². The molecule has 11 heteroatoms. The molecule has 3 fully saturated rings. The second kappa shape index (κ2) is 10.7. The molecule has 4 heterocycles. The van der Waals surface area contributed by atoms with E-state index in [0.717, 1.165) is 49.7 Å². The van der Waals surface area contributed by atoms with E-state index in [9.17, 15) is 13.6 Å². The highest BCUT2D eigenvalue weighted by Gasteiger charge is 2.39. The monoisotopic (exact) mass is 502 g/mol. The maximum atomic E-state index is 13.6. The molecule has 2 unspecified atom stereocenters. The van der Waals surface area contributed by atoms with Gasteiger partial charge in [-0.15, -0.1) is 0 Å². The number of hydrogen-bond donors (Lipinski definition) is 3. The number of carbonyl (C=O) groups is 1. The summed E-state index contributed by atoms with van der Waals surface area (Å²) in [6.07, 6.45) is 8.74. The van der Waals surface area contributed by atoms with E-state index >= 15 is 0 Å². The van der Waals surface area contributed by atoms with Crippen molar-refractivity contribution in [1.29, 1.82) is 0 Å². The maximum Gasteiger partial charge on any atom is 0.268 e. The molecule has 0 aromatic carbocycles. The van der Waals surface area contributed by atoms with E-state index in [1.54, 1.807) is 0 Å². The van der Waals surface area contributed by atoms with Crippen molar-refractivity contribution >= 4 is 23.4 Å². The van der Waals surface area contributed by atoms with Gasteiger partial charge in [0.1, 0.15) is 5.82 Å². The number of amides is 1. The van der Waals surface area contributed by atoms with Crippen LogP contribution in [0.25, 0.3) is 0 Å². The third-order valence-corrected chi connectivity index (χ3v) is 8.08. The molecule has 196 valence electrons. The minimum Gasteiger partial charge on any atom is -0.369 e. The predicted octanol–water partition coefficient (Wildman–Crippen LogP) is 4.18. The zero-order valence-corrected chi connectivity index (χ0v) is 21.0. The Morgan fingerprint density at radius 1 is 1.14 bits per heavy atom. The van der Waals surface area contributed by atoms with Crippen molar-refractivity contribution in [2.24, 2.45) is 5.92 Å². The molecule has 1 saturated carbocycles. The van der Waals surface area contributed by atoms with Crippen molar-refractivity contribution < 1.29 is 13.6 Å². The van der Waals surface area contributed by atoms with Gasteiger partial charge in [0.25, 0.3) is 6.43 Å². The summed E-state index contributed by atoms with van der Waals surface area (Å²) in [5.74, 6) is 0.573. The quantitative estimate of drug-likeness (QED) is 0.419. The number of aromatic nitrogens is 4. The highest BCUT2D eigenvalue weighted by atomic mass is 19.3. The lowest BCUT2D eigenvalue weighted by Crippen LogP contribution is -2.40. The largest absolute Gasteiger partial charge is 0.369 e. The number of fused-ring (bicyclic) bond motifs is 2. The number of piperidine rings is 1. The average molecular weight is 503 g/mol. The van der Waals surface area contributed by atoms with Crippen LogP contribution in [0, 0.1) is 12.8 Å². The van der Waals surface area contributed by atoms with Gasteiger partial charge in [0.05, 0.1) is 23.0 Å². The van der Waals surface area contributed by atoms with Gasteiger partial charge in [0.15, 0.2) is 0 Å². The summed E-state index contributed by atoms with van der Waals surface area (Å²) in [4.78, 5) is 22.9. The van der Waals surface area contributed by atoms with Crippen molar-refractivity contribution in [2.45, 2.75) is 82.8 Å². The van der Waals surface area contributed by atoms with Crippen molar-refractivity contribution in [3.63, 3.8) is 0 Å². The Morgan fingerprint density at radius 3 is 2.56 bits per heavy atom. The third kappa shape index (κ3) is 5.30. The molecule has 3 aliphatic rings. The first-order valence-corrected chi connectivity index (χ1v) is 13.1. The summed E-state index contributed by atoms with van der Waals surface area (Å²) in [7, 11) is 2.22. The van der Waals surface area contributed by atoms with E-state index in [1.807, 2.05) is 17.8 Å². The molecule has 2 aliphatic heterocycles. The van der Waals surface area contributed by atoms with Crippen LogP contribution in [0.15, 0.2) is 12.4 Å². The fourth-order valence-electron chi connectivity index (χ4n) is 5.58. The van der Waals surface area contributed by atoms with Gasteiger partial charge in [-0.2, -0.15) is 10.1 Å². The number of anilines is 3. The Balaban J connectivity index is 1.20. The fourth-order valence-corrected chi connectivity index (χ4v) is 5.58. The fraction of sp³-hybridized carbons (Fsp3) is 0.680. The van der Waals surface area contributed by atoms with Crippen LogP contribution in [0.3, 0.4) is 0 Å². The summed E-state index contributed by atoms with van der Waals surface area (Å²) < 4.78 is 29.2. The number of alkyl halides is 2. The van der Waals surface area contributed by atoms with Gasteiger partial charge in [0.2, 0.25) is 11.9 Å². The molecule has 9 nitrogen and oxygen atoms in total. The molecular weight excluding hydrogens is 466 g/mol. The molecule has 2 aromatic rings. The Bertz CT molecular complexity index is 1060. The summed E-state index contributed by atoms with van der Waals surface area (Å²) in [5, 5.41) is 13.8. The van der Waals surface area contributed by atoms with Crippen LogP contribution < -0.4 is 16.0 Å². The Morgan fingerprint density at radius 2 is 1.89 bits per heavy atom. The molecule has 1 aliphatic carbocycles. The number of rotatable bonds is 10. The first-order chi connectivity index (χ1) is 17.4. The Kier molecular flexibility index (Phi) is 7.36. The average Bonchev–Trinajstić information content (AvgIpc) is 3.24. The van der Waals surface area contributed by atoms with E-state index in [-0.39, 0.29) is 29.2 Å². The second-order valence-electron chi connectivity index (χ2n) is 10.4. The summed E-state index contributed by atoms with van der Waals surface area (Å²) >= 11 is 0. The third-order valence-electron chi connectivity index (χ3n) is 8.08. The molecule has 2 aromatic heterocycles. The zero-order chi connectivity index (χ0) is 25.2. The van der Waals surface area contributed by atoms with Gasteiger partial charge in [-0.3, -0.25) is 9.48 Å². The molecule has 0 radical (unpaired) electrons. The molecule has 2 bridgehead atoms. The van der Waals surface area contributed by atoms with Crippen LogP contribution in [-0.2, 0) is 4.79 Å².